The minimum Gasteiger partial charge on any atom is -0.462 e. The third-order valence-electron chi connectivity index (χ3n) is 3.61. The highest BCUT2D eigenvalue weighted by atomic mass is 16.5. The summed E-state index contributed by atoms with van der Waals surface area (Å²) in [5, 5.41) is 0. The molecule has 2 rings (SSSR count). The Morgan fingerprint density at radius 1 is 1.23 bits per heavy atom. The number of hydrogen-bond acceptors (Lipinski definition) is 5. The smallest absolute Gasteiger partial charge is 0.338 e. The summed E-state index contributed by atoms with van der Waals surface area (Å²) >= 11 is 0. The first kappa shape index (κ1) is 15.9. The SMILES string of the molecule is CCOC(=O)c1cccc(/C(N)=C/C=C(\N)N2CCCC2)c1. The summed E-state index contributed by atoms with van der Waals surface area (Å²) in [6, 6.07) is 7.08. The van der Waals surface area contributed by atoms with Gasteiger partial charge in [0.1, 0.15) is 0 Å². The van der Waals surface area contributed by atoms with E-state index in [4.69, 9.17) is 16.2 Å². The van der Waals surface area contributed by atoms with Gasteiger partial charge in [0.05, 0.1) is 18.0 Å². The second-order valence-corrected chi connectivity index (χ2v) is 5.21. The molecule has 0 amide bonds. The van der Waals surface area contributed by atoms with Crippen LogP contribution < -0.4 is 11.5 Å². The maximum Gasteiger partial charge on any atom is 0.338 e. The van der Waals surface area contributed by atoms with E-state index in [0.29, 0.717) is 17.9 Å². The molecule has 5 nitrogen and oxygen atoms in total. The zero-order chi connectivity index (χ0) is 15.9. The van der Waals surface area contributed by atoms with Gasteiger partial charge < -0.3 is 21.1 Å². The Morgan fingerprint density at radius 3 is 2.59 bits per heavy atom. The van der Waals surface area contributed by atoms with E-state index < -0.39 is 0 Å². The van der Waals surface area contributed by atoms with Gasteiger partial charge in [0, 0.05) is 18.8 Å². The van der Waals surface area contributed by atoms with Crippen molar-refractivity contribution in [3.63, 3.8) is 0 Å². The van der Waals surface area contributed by atoms with Crippen LogP contribution in [0.4, 0.5) is 0 Å². The highest BCUT2D eigenvalue weighted by Crippen LogP contribution is 2.15. The van der Waals surface area contributed by atoms with Crippen molar-refractivity contribution in [3.8, 4) is 0 Å². The van der Waals surface area contributed by atoms with Crippen LogP contribution in [0.1, 0.15) is 35.7 Å². The fraction of sp³-hybridized carbons (Fsp3) is 0.353. The third-order valence-corrected chi connectivity index (χ3v) is 3.61. The van der Waals surface area contributed by atoms with Gasteiger partial charge in [0.25, 0.3) is 0 Å². The Morgan fingerprint density at radius 2 is 1.91 bits per heavy atom. The van der Waals surface area contributed by atoms with Crippen LogP contribution in [0.25, 0.3) is 5.70 Å². The number of esters is 1. The number of benzene rings is 1. The van der Waals surface area contributed by atoms with Crippen LogP contribution in [0.3, 0.4) is 0 Å². The van der Waals surface area contributed by atoms with Crippen molar-refractivity contribution in [2.45, 2.75) is 19.8 Å². The van der Waals surface area contributed by atoms with Crippen LogP contribution >= 0.6 is 0 Å². The largest absolute Gasteiger partial charge is 0.462 e. The Labute approximate surface area is 131 Å². The highest BCUT2D eigenvalue weighted by Gasteiger charge is 2.11. The molecule has 1 aliphatic heterocycles. The maximum atomic E-state index is 11.7. The average Bonchev–Trinajstić information content (AvgIpc) is 3.07. The van der Waals surface area contributed by atoms with Crippen molar-refractivity contribution in [1.29, 1.82) is 0 Å². The summed E-state index contributed by atoms with van der Waals surface area (Å²) in [5.74, 6) is 0.381. The lowest BCUT2D eigenvalue weighted by atomic mass is 10.1. The van der Waals surface area contributed by atoms with E-state index in [9.17, 15) is 4.79 Å². The van der Waals surface area contributed by atoms with Gasteiger partial charge >= 0.3 is 5.97 Å². The molecule has 4 N–H and O–H groups in total. The van der Waals surface area contributed by atoms with Gasteiger partial charge in [-0.3, -0.25) is 0 Å². The molecule has 1 saturated heterocycles. The minimum atomic E-state index is -0.343. The quantitative estimate of drug-likeness (QED) is 0.642. The van der Waals surface area contributed by atoms with Crippen LogP contribution in [0.15, 0.2) is 42.2 Å². The molecule has 0 saturated carbocycles. The summed E-state index contributed by atoms with van der Waals surface area (Å²) in [4.78, 5) is 13.9. The molecule has 0 radical (unpaired) electrons. The van der Waals surface area contributed by atoms with Gasteiger partial charge in [-0.1, -0.05) is 12.1 Å². The lowest BCUT2D eigenvalue weighted by molar-refractivity contribution is 0.0526. The van der Waals surface area contributed by atoms with E-state index in [1.54, 1.807) is 31.2 Å². The Hall–Kier alpha value is -2.43. The lowest BCUT2D eigenvalue weighted by Gasteiger charge is -2.16. The number of rotatable bonds is 5. The molecule has 5 heteroatoms. The predicted octanol–water partition coefficient (Wildman–Crippen LogP) is 2.06. The van der Waals surface area contributed by atoms with E-state index in [0.717, 1.165) is 24.5 Å². The normalized spacial score (nSPS) is 16.0. The molecule has 1 aliphatic rings. The van der Waals surface area contributed by atoms with Gasteiger partial charge in [-0.05, 0) is 49.6 Å². The number of carbonyl (C=O) groups is 1. The Balaban J connectivity index is 2.12. The van der Waals surface area contributed by atoms with Gasteiger partial charge in [-0.2, -0.15) is 0 Å². The van der Waals surface area contributed by atoms with Crippen LogP contribution in [0.2, 0.25) is 0 Å². The standard InChI is InChI=1S/C17H23N3O2/c1-2-22-17(21)14-7-5-6-13(12-14)15(18)8-9-16(19)20-10-3-4-11-20/h5-9,12H,2-4,10-11,18-19H2,1H3/b15-8-,16-9+. The average molecular weight is 301 g/mol. The number of nitrogens with zero attached hydrogens (tertiary/aromatic N) is 1. The first-order chi connectivity index (χ1) is 10.6. The zero-order valence-electron chi connectivity index (χ0n) is 12.9. The summed E-state index contributed by atoms with van der Waals surface area (Å²) < 4.78 is 4.99. The molecule has 1 aromatic carbocycles. The Bertz CT molecular complexity index is 587. The second kappa shape index (κ2) is 7.54. The molecule has 118 valence electrons. The van der Waals surface area contributed by atoms with Crippen molar-refractivity contribution >= 4 is 11.7 Å². The zero-order valence-corrected chi connectivity index (χ0v) is 12.9. The van der Waals surface area contributed by atoms with Crippen LogP contribution in [0.5, 0.6) is 0 Å². The summed E-state index contributed by atoms with van der Waals surface area (Å²) in [7, 11) is 0. The molecule has 22 heavy (non-hydrogen) atoms. The van der Waals surface area contributed by atoms with Crippen LogP contribution in [0, 0.1) is 0 Å². The number of ether oxygens (including phenoxy) is 1. The number of likely N-dealkylation sites (tertiary alicyclic amines) is 1. The minimum absolute atomic E-state index is 0.343. The molecular weight excluding hydrogens is 278 g/mol. The fourth-order valence-corrected chi connectivity index (χ4v) is 2.39. The van der Waals surface area contributed by atoms with E-state index in [1.165, 1.54) is 12.8 Å². The molecule has 0 bridgehead atoms. The first-order valence-corrected chi connectivity index (χ1v) is 7.57. The number of allylic oxidation sites excluding steroid dienone is 2. The lowest BCUT2D eigenvalue weighted by Crippen LogP contribution is -2.24. The van der Waals surface area contributed by atoms with E-state index in [-0.39, 0.29) is 5.97 Å². The summed E-state index contributed by atoms with van der Waals surface area (Å²) in [6.07, 6.45) is 5.94. The topological polar surface area (TPSA) is 81.6 Å². The first-order valence-electron chi connectivity index (χ1n) is 7.57. The van der Waals surface area contributed by atoms with Gasteiger partial charge in [0.15, 0.2) is 0 Å². The van der Waals surface area contributed by atoms with E-state index in [2.05, 4.69) is 4.90 Å². The molecule has 0 spiro atoms. The van der Waals surface area contributed by atoms with Gasteiger partial charge in [0.2, 0.25) is 0 Å². The number of carbonyl (C=O) groups excluding carboxylic acids is 1. The number of hydrogen-bond donors (Lipinski definition) is 2. The van der Waals surface area contributed by atoms with E-state index in [1.807, 2.05) is 12.1 Å². The summed E-state index contributed by atoms with van der Waals surface area (Å²) in [6.45, 7) is 4.12. The molecule has 1 aromatic rings. The van der Waals surface area contributed by atoms with Crippen molar-refractivity contribution in [3.05, 3.63) is 53.4 Å². The Kier molecular flexibility index (Phi) is 5.47. The van der Waals surface area contributed by atoms with Crippen LogP contribution in [-0.2, 0) is 4.74 Å². The molecule has 0 aliphatic carbocycles. The van der Waals surface area contributed by atoms with Gasteiger partial charge in [-0.15, -0.1) is 0 Å². The predicted molar refractivity (Wildman–Crippen MR) is 87.6 cm³/mol. The van der Waals surface area contributed by atoms with Gasteiger partial charge in [-0.25, -0.2) is 4.79 Å². The molecular formula is C17H23N3O2. The van der Waals surface area contributed by atoms with Crippen molar-refractivity contribution < 1.29 is 9.53 Å². The third kappa shape index (κ3) is 4.04. The molecule has 1 heterocycles. The maximum absolute atomic E-state index is 11.7. The van der Waals surface area contributed by atoms with Crippen molar-refractivity contribution in [2.24, 2.45) is 11.5 Å². The highest BCUT2D eigenvalue weighted by molar-refractivity contribution is 5.90. The molecule has 0 aromatic heterocycles. The monoisotopic (exact) mass is 301 g/mol. The van der Waals surface area contributed by atoms with Crippen LogP contribution in [-0.4, -0.2) is 30.6 Å². The summed E-state index contributed by atoms with van der Waals surface area (Å²) in [5.41, 5.74) is 13.9. The van der Waals surface area contributed by atoms with Crippen molar-refractivity contribution in [1.82, 2.24) is 4.90 Å². The fourth-order valence-electron chi connectivity index (χ4n) is 2.39. The van der Waals surface area contributed by atoms with Crippen molar-refractivity contribution in [2.75, 3.05) is 19.7 Å². The second-order valence-electron chi connectivity index (χ2n) is 5.21. The molecule has 1 fully saturated rings. The van der Waals surface area contributed by atoms with E-state index >= 15 is 0 Å². The number of nitrogens with two attached hydrogens (primary N) is 2. The molecule has 0 unspecified atom stereocenters. The molecule has 0 atom stereocenters.